The topological polar surface area (TPSA) is 49.8 Å². The summed E-state index contributed by atoms with van der Waals surface area (Å²) in [7, 11) is 1.93. The highest BCUT2D eigenvalue weighted by Gasteiger charge is 2.39. The molecule has 2 bridgehead atoms. The zero-order valence-electron chi connectivity index (χ0n) is 11.9. The van der Waals surface area contributed by atoms with Gasteiger partial charge in [-0.1, -0.05) is 19.8 Å². The summed E-state index contributed by atoms with van der Waals surface area (Å²) < 4.78 is 0. The van der Waals surface area contributed by atoms with Crippen LogP contribution in [0.4, 0.5) is 11.6 Å². The second-order valence-corrected chi connectivity index (χ2v) is 5.98. The Balaban J connectivity index is 1.79. The molecule has 4 nitrogen and oxygen atoms in total. The van der Waals surface area contributed by atoms with Crippen molar-refractivity contribution >= 4 is 11.6 Å². The van der Waals surface area contributed by atoms with E-state index in [4.69, 9.17) is 0 Å². The molecule has 1 heterocycles. The summed E-state index contributed by atoms with van der Waals surface area (Å²) in [6, 6.07) is 0.633. The average molecular weight is 260 g/mol. The van der Waals surface area contributed by atoms with Crippen molar-refractivity contribution in [3.8, 4) is 0 Å². The SMILES string of the molecule is CCCc1c(NC)ncnc1NC1CC2CCC1C2. The monoisotopic (exact) mass is 260 g/mol. The number of hydrogen-bond donors (Lipinski definition) is 2. The molecule has 3 rings (SSSR count). The van der Waals surface area contributed by atoms with Gasteiger partial charge in [-0.2, -0.15) is 0 Å². The minimum atomic E-state index is 0.633. The van der Waals surface area contributed by atoms with E-state index in [1.54, 1.807) is 6.33 Å². The Bertz CT molecular complexity index is 446. The number of aromatic nitrogens is 2. The quantitative estimate of drug-likeness (QED) is 0.854. The molecule has 0 radical (unpaired) electrons. The van der Waals surface area contributed by atoms with Crippen LogP contribution in [0.2, 0.25) is 0 Å². The average Bonchev–Trinajstić information content (AvgIpc) is 3.03. The van der Waals surface area contributed by atoms with E-state index in [0.717, 1.165) is 36.3 Å². The molecule has 2 N–H and O–H groups in total. The van der Waals surface area contributed by atoms with Crippen LogP contribution >= 0.6 is 0 Å². The van der Waals surface area contributed by atoms with Gasteiger partial charge in [0.15, 0.2) is 0 Å². The standard InChI is InChI=1S/C15H24N4/c1-3-4-12-14(16-2)17-9-18-15(12)19-13-8-10-5-6-11(13)7-10/h9-11,13H,3-8H2,1-2H3,(H2,16,17,18,19). The van der Waals surface area contributed by atoms with Crippen LogP contribution < -0.4 is 10.6 Å². The normalized spacial score (nSPS) is 28.6. The molecule has 0 aliphatic heterocycles. The number of rotatable bonds is 5. The molecule has 2 saturated carbocycles. The summed E-state index contributed by atoms with van der Waals surface area (Å²) in [5, 5.41) is 6.90. The van der Waals surface area contributed by atoms with E-state index < -0.39 is 0 Å². The Morgan fingerprint density at radius 3 is 2.68 bits per heavy atom. The molecule has 1 aromatic heterocycles. The molecule has 4 heteroatoms. The van der Waals surface area contributed by atoms with Gasteiger partial charge in [0, 0.05) is 18.7 Å². The Morgan fingerprint density at radius 2 is 2.05 bits per heavy atom. The van der Waals surface area contributed by atoms with E-state index in [1.807, 2.05) is 7.05 Å². The zero-order valence-corrected chi connectivity index (χ0v) is 11.9. The highest BCUT2D eigenvalue weighted by Crippen LogP contribution is 2.45. The third-order valence-electron chi connectivity index (χ3n) is 4.74. The predicted molar refractivity (Wildman–Crippen MR) is 78.4 cm³/mol. The molecule has 0 spiro atoms. The maximum Gasteiger partial charge on any atom is 0.134 e. The maximum absolute atomic E-state index is 4.49. The van der Waals surface area contributed by atoms with Crippen molar-refractivity contribution in [2.45, 2.75) is 51.5 Å². The van der Waals surface area contributed by atoms with Gasteiger partial charge in [-0.05, 0) is 37.5 Å². The summed E-state index contributed by atoms with van der Waals surface area (Å²) in [5.74, 6) is 3.86. The lowest BCUT2D eigenvalue weighted by Gasteiger charge is -2.25. The van der Waals surface area contributed by atoms with Crippen molar-refractivity contribution in [3.05, 3.63) is 11.9 Å². The van der Waals surface area contributed by atoms with E-state index in [2.05, 4.69) is 27.5 Å². The largest absolute Gasteiger partial charge is 0.373 e. The van der Waals surface area contributed by atoms with Crippen molar-refractivity contribution in [1.29, 1.82) is 0 Å². The molecule has 104 valence electrons. The summed E-state index contributed by atoms with van der Waals surface area (Å²) in [4.78, 5) is 8.83. The molecule has 0 aromatic carbocycles. The highest BCUT2D eigenvalue weighted by molar-refractivity contribution is 5.57. The van der Waals surface area contributed by atoms with Crippen LogP contribution in [0.25, 0.3) is 0 Å². The summed E-state index contributed by atoms with van der Waals surface area (Å²) in [5.41, 5.74) is 1.25. The van der Waals surface area contributed by atoms with Crippen molar-refractivity contribution < 1.29 is 0 Å². The van der Waals surface area contributed by atoms with E-state index >= 15 is 0 Å². The van der Waals surface area contributed by atoms with E-state index in [1.165, 1.54) is 31.2 Å². The van der Waals surface area contributed by atoms with Crippen LogP contribution in [0, 0.1) is 11.8 Å². The van der Waals surface area contributed by atoms with E-state index in [9.17, 15) is 0 Å². The van der Waals surface area contributed by atoms with Gasteiger partial charge in [0.2, 0.25) is 0 Å². The van der Waals surface area contributed by atoms with Crippen LogP contribution in [0.5, 0.6) is 0 Å². The Hall–Kier alpha value is -1.32. The number of anilines is 2. The Morgan fingerprint density at radius 1 is 1.21 bits per heavy atom. The van der Waals surface area contributed by atoms with Crippen molar-refractivity contribution in [1.82, 2.24) is 9.97 Å². The lowest BCUT2D eigenvalue weighted by Crippen LogP contribution is -2.27. The van der Waals surface area contributed by atoms with Crippen LogP contribution in [-0.2, 0) is 6.42 Å². The van der Waals surface area contributed by atoms with Gasteiger partial charge in [-0.25, -0.2) is 9.97 Å². The molecule has 1 aromatic rings. The third-order valence-corrected chi connectivity index (χ3v) is 4.74. The zero-order chi connectivity index (χ0) is 13.2. The minimum absolute atomic E-state index is 0.633. The fourth-order valence-electron chi connectivity index (χ4n) is 3.84. The Kier molecular flexibility index (Phi) is 3.58. The second-order valence-electron chi connectivity index (χ2n) is 5.98. The van der Waals surface area contributed by atoms with Gasteiger partial charge in [-0.15, -0.1) is 0 Å². The molecule has 2 fully saturated rings. The number of nitrogens with one attached hydrogen (secondary N) is 2. The van der Waals surface area contributed by atoms with Gasteiger partial charge in [0.25, 0.3) is 0 Å². The van der Waals surface area contributed by atoms with Gasteiger partial charge < -0.3 is 10.6 Å². The predicted octanol–water partition coefficient (Wildman–Crippen LogP) is 3.07. The molecule has 3 atom stereocenters. The molecule has 3 unspecified atom stereocenters. The van der Waals surface area contributed by atoms with E-state index in [-0.39, 0.29) is 0 Å². The van der Waals surface area contributed by atoms with Crippen molar-refractivity contribution in [3.63, 3.8) is 0 Å². The first kappa shape index (κ1) is 12.7. The van der Waals surface area contributed by atoms with Crippen LogP contribution in [-0.4, -0.2) is 23.1 Å². The first-order valence-corrected chi connectivity index (χ1v) is 7.60. The first-order valence-electron chi connectivity index (χ1n) is 7.60. The Labute approximate surface area is 115 Å². The van der Waals surface area contributed by atoms with Crippen LogP contribution in [0.1, 0.15) is 44.6 Å². The summed E-state index contributed by atoms with van der Waals surface area (Å²) in [6.45, 7) is 2.20. The molecule has 2 aliphatic rings. The lowest BCUT2D eigenvalue weighted by atomic mass is 9.95. The van der Waals surface area contributed by atoms with Gasteiger partial charge in [0.05, 0.1) is 0 Å². The van der Waals surface area contributed by atoms with Crippen molar-refractivity contribution in [2.75, 3.05) is 17.7 Å². The second kappa shape index (κ2) is 5.35. The first-order chi connectivity index (χ1) is 9.31. The highest BCUT2D eigenvalue weighted by atomic mass is 15.1. The fraction of sp³-hybridized carbons (Fsp3) is 0.733. The van der Waals surface area contributed by atoms with Crippen molar-refractivity contribution in [2.24, 2.45) is 11.8 Å². The fourth-order valence-corrected chi connectivity index (χ4v) is 3.84. The summed E-state index contributed by atoms with van der Waals surface area (Å²) >= 11 is 0. The smallest absolute Gasteiger partial charge is 0.134 e. The molecular formula is C15H24N4. The molecule has 0 amide bonds. The summed E-state index contributed by atoms with van der Waals surface area (Å²) in [6.07, 6.45) is 9.40. The molecule has 2 aliphatic carbocycles. The minimum Gasteiger partial charge on any atom is -0.373 e. The molecule has 19 heavy (non-hydrogen) atoms. The number of hydrogen-bond acceptors (Lipinski definition) is 4. The molecular weight excluding hydrogens is 236 g/mol. The van der Waals surface area contributed by atoms with Gasteiger partial charge >= 0.3 is 0 Å². The van der Waals surface area contributed by atoms with Gasteiger partial charge in [0.1, 0.15) is 18.0 Å². The van der Waals surface area contributed by atoms with Gasteiger partial charge in [-0.3, -0.25) is 0 Å². The number of nitrogens with zero attached hydrogens (tertiary/aromatic N) is 2. The molecule has 0 saturated heterocycles. The van der Waals surface area contributed by atoms with E-state index in [0.29, 0.717) is 6.04 Å². The number of fused-ring (bicyclic) bond motifs is 2. The maximum atomic E-state index is 4.49. The van der Waals surface area contributed by atoms with Crippen LogP contribution in [0.3, 0.4) is 0 Å². The van der Waals surface area contributed by atoms with Crippen LogP contribution in [0.15, 0.2) is 6.33 Å². The third kappa shape index (κ3) is 2.40. The lowest BCUT2D eigenvalue weighted by molar-refractivity contribution is 0.438.